The predicted octanol–water partition coefficient (Wildman–Crippen LogP) is 4.82. The van der Waals surface area contributed by atoms with Crippen LogP contribution < -0.4 is 19.9 Å². The number of anilines is 4. The van der Waals surface area contributed by atoms with E-state index in [1.54, 1.807) is 31.0 Å². The largest absolute Gasteiger partial charge is 0.455 e. The van der Waals surface area contributed by atoms with Crippen LogP contribution >= 0.6 is 0 Å². The summed E-state index contributed by atoms with van der Waals surface area (Å²) in [6, 6.07) is 13.6. The predicted molar refractivity (Wildman–Crippen MR) is 154 cm³/mol. The van der Waals surface area contributed by atoms with Crippen molar-refractivity contribution in [3.63, 3.8) is 0 Å². The van der Waals surface area contributed by atoms with Crippen molar-refractivity contribution >= 4 is 38.8 Å². The number of likely N-dealkylation sites (N-methyl/N-ethyl adjacent to an activating group) is 1. The van der Waals surface area contributed by atoms with Crippen LogP contribution in [-0.2, 0) is 14.6 Å². The first-order chi connectivity index (χ1) is 19.1. The fraction of sp³-hybridized carbons (Fsp3) is 0.379. The number of likely N-dealkylation sites (tertiary alicyclic amines) is 1. The second-order valence-corrected chi connectivity index (χ2v) is 12.6. The van der Waals surface area contributed by atoms with E-state index >= 15 is 0 Å². The van der Waals surface area contributed by atoms with E-state index in [-0.39, 0.29) is 34.5 Å². The number of aromatic nitrogens is 1. The highest BCUT2D eigenvalue weighted by molar-refractivity contribution is 7.91. The zero-order valence-corrected chi connectivity index (χ0v) is 23.9. The van der Waals surface area contributed by atoms with Crippen LogP contribution in [0.25, 0.3) is 0 Å². The van der Waals surface area contributed by atoms with Gasteiger partial charge in [-0.15, -0.1) is 0 Å². The number of amides is 1. The van der Waals surface area contributed by atoms with Gasteiger partial charge in [0.05, 0.1) is 22.0 Å². The van der Waals surface area contributed by atoms with E-state index in [0.717, 1.165) is 31.6 Å². The number of benzene rings is 2. The highest BCUT2D eigenvalue weighted by atomic mass is 32.2. The number of pyridine rings is 1. The van der Waals surface area contributed by atoms with Gasteiger partial charge in [0.15, 0.2) is 21.4 Å². The van der Waals surface area contributed by atoms with Gasteiger partial charge in [-0.25, -0.2) is 17.8 Å². The molecule has 40 heavy (non-hydrogen) atoms. The molecule has 2 aromatic carbocycles. The summed E-state index contributed by atoms with van der Waals surface area (Å²) < 4.78 is 44.8. The maximum atomic E-state index is 13.4. The van der Waals surface area contributed by atoms with Gasteiger partial charge in [-0.05, 0) is 94.5 Å². The number of fused-ring (bicyclic) bond motifs is 1. The minimum atomic E-state index is -3.49. The summed E-state index contributed by atoms with van der Waals surface area (Å²) in [5.74, 6) is 1.51. The van der Waals surface area contributed by atoms with E-state index in [2.05, 4.69) is 22.2 Å². The number of nitrogens with one attached hydrogen (secondary N) is 1. The first-order valence-corrected chi connectivity index (χ1v) is 15.1. The fourth-order valence-corrected chi connectivity index (χ4v) is 6.16. The van der Waals surface area contributed by atoms with E-state index in [4.69, 9.17) is 9.72 Å². The molecule has 0 aliphatic carbocycles. The Bertz CT molecular complexity index is 1510. The molecule has 0 bridgehead atoms. The van der Waals surface area contributed by atoms with Gasteiger partial charge < -0.3 is 24.8 Å². The molecule has 1 atom stereocenters. The summed E-state index contributed by atoms with van der Waals surface area (Å²) >= 11 is 0. The quantitative estimate of drug-likeness (QED) is 0.435. The molecule has 1 amide bonds. The van der Waals surface area contributed by atoms with Crippen molar-refractivity contribution in [2.75, 3.05) is 48.1 Å². The van der Waals surface area contributed by atoms with Crippen LogP contribution in [0.3, 0.4) is 0 Å². The van der Waals surface area contributed by atoms with Gasteiger partial charge >= 0.3 is 0 Å². The highest BCUT2D eigenvalue weighted by Crippen LogP contribution is 2.40. The Morgan fingerprint density at radius 1 is 1.05 bits per heavy atom. The third-order valence-corrected chi connectivity index (χ3v) is 9.37. The number of piperidine rings is 1. The number of carbonyl (C=O) groups excluding carboxylic acids is 1. The number of rotatable bonds is 7. The van der Waals surface area contributed by atoms with E-state index in [1.807, 2.05) is 13.0 Å². The van der Waals surface area contributed by atoms with Gasteiger partial charge in [-0.3, -0.25) is 4.79 Å². The van der Waals surface area contributed by atoms with Gasteiger partial charge in [-0.1, -0.05) is 6.92 Å². The van der Waals surface area contributed by atoms with Gasteiger partial charge in [0.25, 0.3) is 0 Å². The lowest BCUT2D eigenvalue weighted by Gasteiger charge is -2.45. The molecular weight excluding hydrogens is 533 g/mol. The van der Waals surface area contributed by atoms with E-state index in [9.17, 15) is 17.6 Å². The normalized spacial score (nSPS) is 18.5. The topological polar surface area (TPSA) is 95.1 Å². The van der Waals surface area contributed by atoms with Crippen molar-refractivity contribution in [2.24, 2.45) is 0 Å². The van der Waals surface area contributed by atoms with Gasteiger partial charge in [0, 0.05) is 13.1 Å². The lowest BCUT2D eigenvalue weighted by molar-refractivity contribution is -0.119. The third-order valence-electron chi connectivity index (χ3n) is 7.64. The third kappa shape index (κ3) is 5.48. The maximum absolute atomic E-state index is 13.4. The molecule has 2 aliphatic rings. The molecule has 3 heterocycles. The van der Waals surface area contributed by atoms with Crippen molar-refractivity contribution in [3.8, 4) is 11.5 Å². The smallest absolute Gasteiger partial charge is 0.249 e. The number of hydrogen-bond acceptors (Lipinski definition) is 8. The zero-order chi connectivity index (χ0) is 28.6. The highest BCUT2D eigenvalue weighted by Gasteiger charge is 2.39. The summed E-state index contributed by atoms with van der Waals surface area (Å²) in [6.07, 6.45) is 1.84. The molecule has 0 spiro atoms. The molecule has 1 fully saturated rings. The van der Waals surface area contributed by atoms with E-state index < -0.39 is 9.84 Å². The van der Waals surface area contributed by atoms with Crippen LogP contribution in [0.4, 0.5) is 27.4 Å². The second kappa shape index (κ2) is 11.1. The van der Waals surface area contributed by atoms with Gasteiger partial charge in [0.2, 0.25) is 5.91 Å². The number of nitrogens with zero attached hydrogens (tertiary/aromatic N) is 4. The summed E-state index contributed by atoms with van der Waals surface area (Å²) in [4.78, 5) is 24.3. The number of hydrogen-bond donors (Lipinski definition) is 1. The van der Waals surface area contributed by atoms with Crippen LogP contribution in [0, 0.1) is 5.82 Å². The van der Waals surface area contributed by atoms with Crippen LogP contribution in [0.5, 0.6) is 11.5 Å². The monoisotopic (exact) mass is 567 g/mol. The average molecular weight is 568 g/mol. The first kappa shape index (κ1) is 27.9. The molecule has 0 unspecified atom stereocenters. The molecule has 1 saturated heterocycles. The lowest BCUT2D eigenvalue weighted by atomic mass is 9.99. The van der Waals surface area contributed by atoms with Crippen LogP contribution in [0.15, 0.2) is 59.5 Å². The molecule has 0 radical (unpaired) electrons. The molecular formula is C29H34FN5O4S. The lowest BCUT2D eigenvalue weighted by Crippen LogP contribution is -2.57. The van der Waals surface area contributed by atoms with Crippen molar-refractivity contribution < 1.29 is 22.3 Å². The number of carbonyl (C=O) groups is 1. The average Bonchev–Trinajstić information content (AvgIpc) is 2.95. The summed E-state index contributed by atoms with van der Waals surface area (Å²) in [7, 11) is 0.362. The van der Waals surface area contributed by atoms with Crippen LogP contribution in [0.1, 0.15) is 26.7 Å². The Morgan fingerprint density at radius 3 is 2.42 bits per heavy atom. The molecule has 11 heteroatoms. The van der Waals surface area contributed by atoms with E-state index in [1.165, 1.54) is 36.4 Å². The fourth-order valence-electron chi connectivity index (χ4n) is 5.25. The van der Waals surface area contributed by atoms with Crippen molar-refractivity contribution in [3.05, 3.63) is 60.4 Å². The summed E-state index contributed by atoms with van der Waals surface area (Å²) in [5.41, 5.74) is 1.11. The molecule has 212 valence electrons. The Balaban J connectivity index is 1.54. The molecule has 9 nitrogen and oxygen atoms in total. The molecule has 5 rings (SSSR count). The molecule has 1 N–H and O–H groups in total. The summed E-state index contributed by atoms with van der Waals surface area (Å²) in [6.45, 7) is 5.38. The van der Waals surface area contributed by atoms with Crippen molar-refractivity contribution in [2.45, 2.75) is 43.7 Å². The van der Waals surface area contributed by atoms with Crippen molar-refractivity contribution in [1.29, 1.82) is 0 Å². The second-order valence-electron chi connectivity index (χ2n) is 10.3. The minimum absolute atomic E-state index is 0.0152. The summed E-state index contributed by atoms with van der Waals surface area (Å²) in [5, 5.41) is 3.25. The Hall–Kier alpha value is -3.70. The van der Waals surface area contributed by atoms with E-state index in [0.29, 0.717) is 28.8 Å². The Kier molecular flexibility index (Phi) is 7.70. The molecule has 0 saturated carbocycles. The molecule has 1 aromatic heterocycles. The Morgan fingerprint density at radius 2 is 1.75 bits per heavy atom. The SMILES string of the molecule is CCS(=O)(=O)c1ccc(Oc2ccc(F)cc2)c(Nc2ccc3c(n2)N(C2CCN(C)CC2)[C@@H](C)C(=O)N3C)c1. The van der Waals surface area contributed by atoms with Gasteiger partial charge in [-0.2, -0.15) is 0 Å². The Labute approximate surface area is 234 Å². The standard InChI is InChI=1S/C29H34FN5O4S/c1-5-40(37,38)23-10-12-26(39-22-8-6-20(30)7-9-22)24(18-23)31-27-13-11-25-28(32-27)35(19(2)29(36)34(25)4)21-14-16-33(3)17-15-21/h6-13,18-19,21H,5,14-17H2,1-4H3,(H,31,32)/t19-/m0/s1. The first-order valence-electron chi connectivity index (χ1n) is 13.4. The van der Waals surface area contributed by atoms with Crippen LogP contribution in [-0.4, -0.2) is 69.2 Å². The number of ether oxygens (including phenoxy) is 1. The maximum Gasteiger partial charge on any atom is 0.249 e. The molecule has 2 aliphatic heterocycles. The molecule has 3 aromatic rings. The van der Waals surface area contributed by atoms with Crippen molar-refractivity contribution in [1.82, 2.24) is 9.88 Å². The number of sulfone groups is 1. The van der Waals surface area contributed by atoms with Crippen LogP contribution in [0.2, 0.25) is 0 Å². The number of halogens is 1. The zero-order valence-electron chi connectivity index (χ0n) is 23.1. The minimum Gasteiger partial charge on any atom is -0.455 e. The van der Waals surface area contributed by atoms with Gasteiger partial charge in [0.1, 0.15) is 23.4 Å².